The van der Waals surface area contributed by atoms with Gasteiger partial charge in [-0.1, -0.05) is 0 Å². The number of carbonyl (C=O) groups is 2. The van der Waals surface area contributed by atoms with Crippen LogP contribution in [0.15, 0.2) is 0 Å². The van der Waals surface area contributed by atoms with E-state index in [4.69, 9.17) is 37.0 Å². The summed E-state index contributed by atoms with van der Waals surface area (Å²) in [5.74, 6) is -1.67. The lowest BCUT2D eigenvalue weighted by atomic mass is 10.5. The number of nitrogens with two attached hydrogens (primary N) is 2. The summed E-state index contributed by atoms with van der Waals surface area (Å²) in [6.45, 7) is 0.463. The molecule has 16 heavy (non-hydrogen) atoms. The minimum Gasteiger partial charge on any atom is -0.481 e. The van der Waals surface area contributed by atoms with Gasteiger partial charge >= 0.3 is 11.9 Å². The fourth-order valence-electron chi connectivity index (χ4n) is 0.247. The molecule has 0 amide bonds. The van der Waals surface area contributed by atoms with Crippen molar-refractivity contribution in [2.45, 2.75) is 12.8 Å². The zero-order valence-corrected chi connectivity index (χ0v) is 8.40. The van der Waals surface area contributed by atoms with E-state index in [2.05, 4.69) is 0 Å². The van der Waals surface area contributed by atoms with Crippen LogP contribution in [-0.2, 0) is 9.59 Å². The monoisotopic (exact) mass is 241 g/mol. The molecular formula is C6H15N3O7. The first-order valence-corrected chi connectivity index (χ1v) is 3.94. The van der Waals surface area contributed by atoms with Gasteiger partial charge in [-0.05, 0) is 0 Å². The molecule has 0 aliphatic heterocycles. The van der Waals surface area contributed by atoms with Crippen molar-refractivity contribution in [3.63, 3.8) is 0 Å². The van der Waals surface area contributed by atoms with Gasteiger partial charge in [0, 0.05) is 13.1 Å². The highest BCUT2D eigenvalue weighted by molar-refractivity contribution is 5.67. The summed E-state index contributed by atoms with van der Waals surface area (Å²) in [5.41, 5.74) is 9.70. The van der Waals surface area contributed by atoms with E-state index in [1.54, 1.807) is 0 Å². The molecule has 0 bridgehead atoms. The number of rotatable bonds is 4. The molecule has 10 heteroatoms. The van der Waals surface area contributed by atoms with Crippen LogP contribution in [0, 0.1) is 10.1 Å². The molecule has 0 fully saturated rings. The van der Waals surface area contributed by atoms with Crippen LogP contribution in [0.25, 0.3) is 0 Å². The van der Waals surface area contributed by atoms with E-state index in [1.807, 2.05) is 0 Å². The van der Waals surface area contributed by atoms with Gasteiger partial charge in [-0.3, -0.25) is 9.59 Å². The Hall–Kier alpha value is -1.94. The first-order chi connectivity index (χ1) is 7.27. The van der Waals surface area contributed by atoms with Crippen molar-refractivity contribution in [2.24, 2.45) is 11.5 Å². The van der Waals surface area contributed by atoms with Crippen molar-refractivity contribution in [1.82, 2.24) is 0 Å². The molecule has 0 saturated heterocycles. The number of carboxylic acids is 2. The topological polar surface area (TPSA) is 190 Å². The smallest absolute Gasteiger partial charge is 0.304 e. The van der Waals surface area contributed by atoms with Crippen molar-refractivity contribution in [2.75, 3.05) is 13.1 Å². The molecule has 0 aromatic carbocycles. The summed E-state index contributed by atoms with van der Waals surface area (Å²) in [7, 11) is 0. The summed E-state index contributed by atoms with van der Waals surface area (Å²) in [6.07, 6.45) is 0.139. The summed E-state index contributed by atoms with van der Waals surface area (Å²) < 4.78 is 0. The predicted molar refractivity (Wildman–Crippen MR) is 51.4 cm³/mol. The van der Waals surface area contributed by atoms with Crippen molar-refractivity contribution < 1.29 is 30.1 Å². The number of nitrogens with zero attached hydrogens (tertiary/aromatic N) is 1. The third kappa shape index (κ3) is 89.5. The van der Waals surface area contributed by atoms with Crippen molar-refractivity contribution in [1.29, 1.82) is 0 Å². The molecular weight excluding hydrogens is 226 g/mol. The standard InChI is InChI=1S/2C3H7NO2.HNO3/c2*4-2-1-3(5)6;2-1(3)4/h2*1-2,4H2,(H,5,6);(H,2,3,4). The third-order valence-electron chi connectivity index (χ3n) is 0.716. The molecule has 0 spiro atoms. The van der Waals surface area contributed by atoms with E-state index in [0.717, 1.165) is 0 Å². The lowest BCUT2D eigenvalue weighted by Crippen LogP contribution is -2.05. The van der Waals surface area contributed by atoms with Crippen molar-refractivity contribution in [3.05, 3.63) is 10.1 Å². The molecule has 0 aromatic rings. The lowest BCUT2D eigenvalue weighted by Gasteiger charge is -1.80. The average Bonchev–Trinajstić information content (AvgIpc) is 2.02. The number of hydrogen-bond donors (Lipinski definition) is 5. The quantitative estimate of drug-likeness (QED) is 0.287. The van der Waals surface area contributed by atoms with Gasteiger partial charge in [-0.25, -0.2) is 0 Å². The Balaban J connectivity index is -0.000000162. The molecule has 0 atom stereocenters. The molecule has 0 aliphatic rings. The molecule has 0 radical (unpaired) electrons. The van der Waals surface area contributed by atoms with Crippen LogP contribution >= 0.6 is 0 Å². The van der Waals surface area contributed by atoms with Gasteiger partial charge in [0.25, 0.3) is 5.09 Å². The Labute approximate surface area is 90.6 Å². The van der Waals surface area contributed by atoms with E-state index in [1.165, 1.54) is 0 Å². The van der Waals surface area contributed by atoms with Gasteiger partial charge in [0.15, 0.2) is 0 Å². The van der Waals surface area contributed by atoms with Gasteiger partial charge in [0.1, 0.15) is 0 Å². The van der Waals surface area contributed by atoms with E-state index < -0.39 is 17.0 Å². The van der Waals surface area contributed by atoms with Crippen LogP contribution < -0.4 is 11.5 Å². The van der Waals surface area contributed by atoms with Crippen LogP contribution in [0.4, 0.5) is 0 Å². The van der Waals surface area contributed by atoms with Crippen LogP contribution in [0.1, 0.15) is 12.8 Å². The molecule has 96 valence electrons. The molecule has 0 saturated carbocycles. The second kappa shape index (κ2) is 15.5. The van der Waals surface area contributed by atoms with Gasteiger partial charge in [-0.2, -0.15) is 0 Å². The number of aliphatic carboxylic acids is 2. The van der Waals surface area contributed by atoms with Crippen LogP contribution in [0.2, 0.25) is 0 Å². The molecule has 0 unspecified atom stereocenters. The Bertz CT molecular complexity index is 188. The lowest BCUT2D eigenvalue weighted by molar-refractivity contribution is -0.742. The molecule has 7 N–H and O–H groups in total. The first-order valence-electron chi connectivity index (χ1n) is 3.94. The zero-order valence-electron chi connectivity index (χ0n) is 8.40. The molecule has 10 nitrogen and oxygen atoms in total. The molecule has 0 aromatic heterocycles. The maximum absolute atomic E-state index is 9.52. The van der Waals surface area contributed by atoms with Crippen LogP contribution in [-0.4, -0.2) is 45.5 Å². The average molecular weight is 241 g/mol. The molecule has 0 heterocycles. The van der Waals surface area contributed by atoms with Gasteiger partial charge in [0.05, 0.1) is 12.8 Å². The van der Waals surface area contributed by atoms with Gasteiger partial charge in [0.2, 0.25) is 0 Å². The molecule has 0 aliphatic carbocycles. The third-order valence-corrected chi connectivity index (χ3v) is 0.716. The van der Waals surface area contributed by atoms with Crippen molar-refractivity contribution >= 4 is 11.9 Å². The summed E-state index contributed by atoms with van der Waals surface area (Å²) in [4.78, 5) is 27.4. The second-order valence-corrected chi connectivity index (χ2v) is 2.10. The zero-order chi connectivity index (χ0) is 13.6. The Morgan fingerprint density at radius 1 is 1.06 bits per heavy atom. The first kappa shape index (κ1) is 19.6. The van der Waals surface area contributed by atoms with Crippen LogP contribution in [0.3, 0.4) is 0 Å². The van der Waals surface area contributed by atoms with E-state index in [0.29, 0.717) is 0 Å². The highest BCUT2D eigenvalue weighted by atomic mass is 16.9. The maximum Gasteiger partial charge on any atom is 0.304 e. The minimum atomic E-state index is -1.50. The minimum absolute atomic E-state index is 0.0694. The highest BCUT2D eigenvalue weighted by Crippen LogP contribution is 1.68. The van der Waals surface area contributed by atoms with Crippen molar-refractivity contribution in [3.8, 4) is 0 Å². The Morgan fingerprint density at radius 2 is 1.25 bits per heavy atom. The predicted octanol–water partition coefficient (Wildman–Crippen LogP) is -1.51. The number of hydrogen-bond acceptors (Lipinski definition) is 6. The second-order valence-electron chi connectivity index (χ2n) is 2.10. The summed E-state index contributed by atoms with van der Waals surface area (Å²) >= 11 is 0. The Kier molecular flexibility index (Phi) is 19.0. The van der Waals surface area contributed by atoms with Gasteiger partial charge < -0.3 is 26.9 Å². The summed E-state index contributed by atoms with van der Waals surface area (Å²) in [6, 6.07) is 0. The normalized spacial score (nSPS) is 7.62. The maximum atomic E-state index is 9.52. The van der Waals surface area contributed by atoms with E-state index in [9.17, 15) is 9.59 Å². The molecule has 0 rings (SSSR count). The Morgan fingerprint density at radius 3 is 1.25 bits per heavy atom. The van der Waals surface area contributed by atoms with Crippen LogP contribution in [0.5, 0.6) is 0 Å². The van der Waals surface area contributed by atoms with E-state index in [-0.39, 0.29) is 25.9 Å². The fraction of sp³-hybridized carbons (Fsp3) is 0.667. The van der Waals surface area contributed by atoms with E-state index >= 15 is 0 Å². The number of carboxylic acid groups (broad SMARTS) is 2. The fourth-order valence-corrected chi connectivity index (χ4v) is 0.247. The summed E-state index contributed by atoms with van der Waals surface area (Å²) in [5, 5.41) is 29.3. The van der Waals surface area contributed by atoms with Gasteiger partial charge in [-0.15, -0.1) is 10.1 Å². The largest absolute Gasteiger partial charge is 0.481 e. The SMILES string of the molecule is NCCC(=O)O.NCCC(=O)O.O=[N+]([O-])O. The highest BCUT2D eigenvalue weighted by Gasteiger charge is 1.88.